The largest absolute Gasteiger partial charge is 0.419 e. The third-order valence-electron chi connectivity index (χ3n) is 3.49. The number of halogens is 2. The molecular formula is C15H12Cl2N2O2. The molecule has 0 saturated heterocycles. The highest BCUT2D eigenvalue weighted by molar-refractivity contribution is 6.36. The van der Waals surface area contributed by atoms with Crippen molar-refractivity contribution in [3.05, 3.63) is 68.1 Å². The second-order valence-electron chi connectivity index (χ2n) is 4.77. The lowest BCUT2D eigenvalue weighted by atomic mass is 9.99. The number of aromatic nitrogens is 1. The topological polar surface area (TPSA) is 61.2 Å². The van der Waals surface area contributed by atoms with Gasteiger partial charge in [0.2, 0.25) is 0 Å². The zero-order valence-electron chi connectivity index (χ0n) is 11.1. The van der Waals surface area contributed by atoms with Crippen molar-refractivity contribution in [3.63, 3.8) is 0 Å². The summed E-state index contributed by atoms with van der Waals surface area (Å²) in [5.41, 5.74) is 8.87. The summed E-state index contributed by atoms with van der Waals surface area (Å²) in [5.74, 6) is -0.411. The van der Waals surface area contributed by atoms with Crippen LogP contribution in [0.4, 0.5) is 0 Å². The molecule has 3 rings (SSSR count). The maximum absolute atomic E-state index is 11.5. The van der Waals surface area contributed by atoms with Gasteiger partial charge in [-0.3, -0.25) is 4.57 Å². The van der Waals surface area contributed by atoms with Crippen LogP contribution in [0.2, 0.25) is 10.0 Å². The molecule has 0 radical (unpaired) electrons. The molecule has 0 bridgehead atoms. The summed E-state index contributed by atoms with van der Waals surface area (Å²) in [6.07, 6.45) is 0. The van der Waals surface area contributed by atoms with E-state index in [-0.39, 0.29) is 0 Å². The molecule has 2 N–H and O–H groups in total. The number of fused-ring (bicyclic) bond motifs is 1. The number of aryl methyl sites for hydroxylation is 1. The first-order chi connectivity index (χ1) is 9.99. The molecule has 1 unspecified atom stereocenters. The number of benzene rings is 2. The van der Waals surface area contributed by atoms with Crippen molar-refractivity contribution in [1.82, 2.24) is 4.57 Å². The van der Waals surface area contributed by atoms with Gasteiger partial charge in [0.05, 0.1) is 11.6 Å². The zero-order valence-corrected chi connectivity index (χ0v) is 12.7. The van der Waals surface area contributed by atoms with Crippen molar-refractivity contribution >= 4 is 34.3 Å². The predicted octanol–water partition coefficient (Wildman–Crippen LogP) is 3.49. The van der Waals surface area contributed by atoms with Crippen molar-refractivity contribution in [2.24, 2.45) is 12.8 Å². The average Bonchev–Trinajstić information content (AvgIpc) is 2.73. The van der Waals surface area contributed by atoms with Crippen LogP contribution in [0.15, 0.2) is 45.6 Å². The van der Waals surface area contributed by atoms with E-state index in [0.29, 0.717) is 26.7 Å². The second kappa shape index (κ2) is 5.22. The maximum atomic E-state index is 11.5. The summed E-state index contributed by atoms with van der Waals surface area (Å²) in [7, 11) is 1.65. The van der Waals surface area contributed by atoms with Crippen molar-refractivity contribution in [1.29, 1.82) is 0 Å². The van der Waals surface area contributed by atoms with Gasteiger partial charge in [-0.1, -0.05) is 35.3 Å². The quantitative estimate of drug-likeness (QED) is 0.785. The molecule has 4 nitrogen and oxygen atoms in total. The first kappa shape index (κ1) is 14.2. The van der Waals surface area contributed by atoms with E-state index >= 15 is 0 Å². The molecule has 2 aromatic carbocycles. The van der Waals surface area contributed by atoms with E-state index < -0.39 is 11.8 Å². The minimum absolute atomic E-state index is 0.411. The lowest BCUT2D eigenvalue weighted by Gasteiger charge is -2.15. The van der Waals surface area contributed by atoms with Gasteiger partial charge in [-0.15, -0.1) is 0 Å². The van der Waals surface area contributed by atoms with Gasteiger partial charge in [0.25, 0.3) is 0 Å². The van der Waals surface area contributed by atoms with Crippen LogP contribution < -0.4 is 11.5 Å². The molecule has 21 heavy (non-hydrogen) atoms. The minimum Gasteiger partial charge on any atom is -0.408 e. The summed E-state index contributed by atoms with van der Waals surface area (Å²) in [6.45, 7) is 0. The van der Waals surface area contributed by atoms with Gasteiger partial charge in [-0.2, -0.15) is 0 Å². The van der Waals surface area contributed by atoms with Crippen LogP contribution in [-0.2, 0) is 7.05 Å². The Hall–Kier alpha value is -1.75. The molecule has 1 aromatic heterocycles. The Balaban J connectivity index is 2.14. The van der Waals surface area contributed by atoms with E-state index in [4.69, 9.17) is 33.4 Å². The lowest BCUT2D eigenvalue weighted by molar-refractivity contribution is 0.527. The molecule has 0 spiro atoms. The Morgan fingerprint density at radius 2 is 1.86 bits per heavy atom. The molecule has 1 heterocycles. The molecule has 0 amide bonds. The first-order valence-electron chi connectivity index (χ1n) is 6.28. The van der Waals surface area contributed by atoms with Crippen LogP contribution in [0.3, 0.4) is 0 Å². The number of nitrogens with two attached hydrogens (primary N) is 1. The summed E-state index contributed by atoms with van der Waals surface area (Å²) in [4.78, 5) is 11.5. The van der Waals surface area contributed by atoms with Crippen molar-refractivity contribution < 1.29 is 4.42 Å². The van der Waals surface area contributed by atoms with Gasteiger partial charge in [-0.25, -0.2) is 4.79 Å². The third kappa shape index (κ3) is 2.35. The van der Waals surface area contributed by atoms with Gasteiger partial charge < -0.3 is 10.2 Å². The maximum Gasteiger partial charge on any atom is 0.419 e. The van der Waals surface area contributed by atoms with Gasteiger partial charge in [-0.05, 0) is 29.8 Å². The Morgan fingerprint density at radius 3 is 2.52 bits per heavy atom. The van der Waals surface area contributed by atoms with E-state index in [1.165, 1.54) is 4.57 Å². The molecular weight excluding hydrogens is 311 g/mol. The Labute approximate surface area is 130 Å². The Morgan fingerprint density at radius 1 is 1.19 bits per heavy atom. The molecule has 1 atom stereocenters. The van der Waals surface area contributed by atoms with Crippen LogP contribution in [0.5, 0.6) is 0 Å². The van der Waals surface area contributed by atoms with Gasteiger partial charge >= 0.3 is 5.76 Å². The summed E-state index contributed by atoms with van der Waals surface area (Å²) >= 11 is 12.4. The van der Waals surface area contributed by atoms with E-state index in [2.05, 4.69) is 0 Å². The zero-order chi connectivity index (χ0) is 15.1. The lowest BCUT2D eigenvalue weighted by Crippen LogP contribution is -2.13. The Kier molecular flexibility index (Phi) is 3.53. The smallest absolute Gasteiger partial charge is 0.408 e. The fourth-order valence-electron chi connectivity index (χ4n) is 2.32. The van der Waals surface area contributed by atoms with Crippen molar-refractivity contribution in [2.75, 3.05) is 0 Å². The van der Waals surface area contributed by atoms with Gasteiger partial charge in [0, 0.05) is 22.7 Å². The number of nitrogens with zero attached hydrogens (tertiary/aromatic N) is 1. The van der Waals surface area contributed by atoms with Crippen LogP contribution in [-0.4, -0.2) is 4.57 Å². The van der Waals surface area contributed by atoms with Crippen LogP contribution in [0, 0.1) is 0 Å². The van der Waals surface area contributed by atoms with E-state index in [1.54, 1.807) is 37.4 Å². The van der Waals surface area contributed by atoms with Gasteiger partial charge in [0.15, 0.2) is 5.58 Å². The van der Waals surface area contributed by atoms with E-state index in [9.17, 15) is 4.79 Å². The fourth-order valence-corrected chi connectivity index (χ4v) is 2.95. The van der Waals surface area contributed by atoms with Crippen molar-refractivity contribution in [3.8, 4) is 0 Å². The standard InChI is InChI=1S/C15H12Cl2N2O2/c1-19-11-6-5-8(7-12(11)21-15(19)20)14(18)13-9(16)3-2-4-10(13)17/h2-7,14H,18H2,1H3. The first-order valence-corrected chi connectivity index (χ1v) is 7.03. The molecule has 108 valence electrons. The average molecular weight is 323 g/mol. The molecule has 0 aliphatic carbocycles. The number of rotatable bonds is 2. The fraction of sp³-hybridized carbons (Fsp3) is 0.133. The third-order valence-corrected chi connectivity index (χ3v) is 4.15. The highest BCUT2D eigenvalue weighted by Gasteiger charge is 2.17. The molecule has 6 heteroatoms. The van der Waals surface area contributed by atoms with Crippen LogP contribution in [0.25, 0.3) is 11.1 Å². The molecule has 0 fully saturated rings. The minimum atomic E-state index is -0.499. The van der Waals surface area contributed by atoms with Crippen LogP contribution >= 0.6 is 23.2 Å². The SMILES string of the molecule is Cn1c(=O)oc2cc(C(N)c3c(Cl)cccc3Cl)ccc21. The summed E-state index contributed by atoms with van der Waals surface area (Å²) in [5, 5.41) is 1.01. The second-order valence-corrected chi connectivity index (χ2v) is 5.58. The summed E-state index contributed by atoms with van der Waals surface area (Å²) in [6, 6.07) is 10.1. The normalized spacial score (nSPS) is 12.8. The number of hydrogen-bond acceptors (Lipinski definition) is 3. The number of oxazole rings is 1. The highest BCUT2D eigenvalue weighted by atomic mass is 35.5. The van der Waals surface area contributed by atoms with E-state index in [1.807, 2.05) is 6.07 Å². The molecule has 0 saturated carbocycles. The monoisotopic (exact) mass is 322 g/mol. The summed E-state index contributed by atoms with van der Waals surface area (Å²) < 4.78 is 6.61. The Bertz CT molecular complexity index is 863. The molecule has 3 aromatic rings. The molecule has 0 aliphatic heterocycles. The highest BCUT2D eigenvalue weighted by Crippen LogP contribution is 2.33. The van der Waals surface area contributed by atoms with E-state index in [0.717, 1.165) is 5.56 Å². The predicted molar refractivity (Wildman–Crippen MR) is 83.9 cm³/mol. The molecule has 0 aliphatic rings. The van der Waals surface area contributed by atoms with Crippen LogP contribution in [0.1, 0.15) is 17.2 Å². The van der Waals surface area contributed by atoms with Gasteiger partial charge in [0.1, 0.15) is 0 Å². The number of hydrogen-bond donors (Lipinski definition) is 1. The van der Waals surface area contributed by atoms with Crippen molar-refractivity contribution in [2.45, 2.75) is 6.04 Å².